The van der Waals surface area contributed by atoms with E-state index in [1.54, 1.807) is 22.0 Å². The first-order valence-corrected chi connectivity index (χ1v) is 9.66. The number of thiophene rings is 1. The maximum absolute atomic E-state index is 13.9. The second-order valence-corrected chi connectivity index (χ2v) is 7.52. The minimum Gasteiger partial charge on any atom is -0.504 e. The van der Waals surface area contributed by atoms with Gasteiger partial charge in [-0.05, 0) is 55.7 Å². The van der Waals surface area contributed by atoms with E-state index in [9.17, 15) is 14.3 Å². The van der Waals surface area contributed by atoms with Gasteiger partial charge in [0.1, 0.15) is 5.82 Å². The smallest absolute Gasteiger partial charge is 0.257 e. The molecule has 2 aromatic heterocycles. The van der Waals surface area contributed by atoms with Gasteiger partial charge in [0.05, 0.1) is 11.3 Å². The molecule has 0 saturated carbocycles. The molecule has 26 heavy (non-hydrogen) atoms. The summed E-state index contributed by atoms with van der Waals surface area (Å²) in [6.07, 6.45) is 4.16. The lowest BCUT2D eigenvalue weighted by atomic mass is 9.96. The first-order valence-electron chi connectivity index (χ1n) is 8.78. The number of rotatable bonds is 4. The summed E-state index contributed by atoms with van der Waals surface area (Å²) in [4.78, 5) is 19.0. The van der Waals surface area contributed by atoms with Crippen molar-refractivity contribution in [2.45, 2.75) is 38.6 Å². The van der Waals surface area contributed by atoms with Gasteiger partial charge in [0, 0.05) is 17.0 Å². The van der Waals surface area contributed by atoms with Crippen molar-refractivity contribution in [3.05, 3.63) is 68.0 Å². The Bertz CT molecular complexity index is 996. The molecule has 0 bridgehead atoms. The van der Waals surface area contributed by atoms with Gasteiger partial charge in [0.2, 0.25) is 0 Å². The van der Waals surface area contributed by atoms with Gasteiger partial charge in [0.25, 0.3) is 5.56 Å². The molecule has 6 heteroatoms. The molecule has 0 amide bonds. The SMILES string of the molecule is O=c1c2c(nc(-c3cccc(F)c3O)n1CCc1cccs1)CCCC2. The van der Waals surface area contributed by atoms with E-state index in [2.05, 4.69) is 4.98 Å². The number of fused-ring (bicyclic) bond motifs is 1. The van der Waals surface area contributed by atoms with Crippen molar-refractivity contribution in [2.24, 2.45) is 0 Å². The number of para-hydroxylation sites is 1. The topological polar surface area (TPSA) is 55.1 Å². The monoisotopic (exact) mass is 370 g/mol. The van der Waals surface area contributed by atoms with Crippen LogP contribution < -0.4 is 5.56 Å². The molecule has 4 rings (SSSR count). The molecule has 1 N–H and O–H groups in total. The van der Waals surface area contributed by atoms with Gasteiger partial charge in [-0.3, -0.25) is 9.36 Å². The molecule has 0 aliphatic heterocycles. The fourth-order valence-corrected chi connectivity index (χ4v) is 4.17. The van der Waals surface area contributed by atoms with E-state index >= 15 is 0 Å². The summed E-state index contributed by atoms with van der Waals surface area (Å²) in [7, 11) is 0. The maximum Gasteiger partial charge on any atom is 0.257 e. The molecule has 4 nitrogen and oxygen atoms in total. The van der Waals surface area contributed by atoms with Crippen molar-refractivity contribution in [3.8, 4) is 17.1 Å². The number of aryl methyl sites for hydroxylation is 2. The standard InChI is InChI=1S/C20H19FN2O2S/c21-16-8-3-7-15(18(16)24)19-22-17-9-2-1-6-14(17)20(25)23(19)11-10-13-5-4-12-26-13/h3-5,7-8,12,24H,1-2,6,9-11H2. The Morgan fingerprint density at radius 3 is 2.85 bits per heavy atom. The van der Waals surface area contributed by atoms with E-state index in [-0.39, 0.29) is 11.1 Å². The summed E-state index contributed by atoms with van der Waals surface area (Å²) in [5.41, 5.74) is 1.75. The third-order valence-corrected chi connectivity index (χ3v) is 5.76. The molecule has 0 radical (unpaired) electrons. The zero-order valence-electron chi connectivity index (χ0n) is 14.2. The minimum absolute atomic E-state index is 0.0649. The van der Waals surface area contributed by atoms with Gasteiger partial charge in [-0.1, -0.05) is 12.1 Å². The van der Waals surface area contributed by atoms with E-state index in [1.807, 2.05) is 17.5 Å². The Kier molecular flexibility index (Phi) is 4.59. The second-order valence-electron chi connectivity index (χ2n) is 6.49. The Morgan fingerprint density at radius 2 is 2.04 bits per heavy atom. The lowest BCUT2D eigenvalue weighted by Crippen LogP contribution is -2.30. The average Bonchev–Trinajstić information content (AvgIpc) is 3.17. The summed E-state index contributed by atoms with van der Waals surface area (Å²) in [5, 5.41) is 12.2. The van der Waals surface area contributed by atoms with Gasteiger partial charge in [-0.25, -0.2) is 9.37 Å². The molecule has 2 heterocycles. The highest BCUT2D eigenvalue weighted by Gasteiger charge is 2.22. The Balaban J connectivity index is 1.86. The van der Waals surface area contributed by atoms with Crippen molar-refractivity contribution in [1.82, 2.24) is 9.55 Å². The molecule has 3 aromatic rings. The molecule has 0 saturated heterocycles. The van der Waals surface area contributed by atoms with E-state index in [0.717, 1.165) is 36.9 Å². The van der Waals surface area contributed by atoms with Gasteiger partial charge in [0.15, 0.2) is 11.6 Å². The van der Waals surface area contributed by atoms with Crippen LogP contribution >= 0.6 is 11.3 Å². The summed E-state index contributed by atoms with van der Waals surface area (Å²) in [6.45, 7) is 0.449. The molecule has 1 aliphatic rings. The highest BCUT2D eigenvalue weighted by Crippen LogP contribution is 2.31. The molecule has 0 spiro atoms. The molecular formula is C20H19FN2O2S. The van der Waals surface area contributed by atoms with E-state index in [4.69, 9.17) is 0 Å². The number of hydrogen-bond acceptors (Lipinski definition) is 4. The maximum atomic E-state index is 13.9. The fraction of sp³-hybridized carbons (Fsp3) is 0.300. The van der Waals surface area contributed by atoms with E-state index in [0.29, 0.717) is 18.8 Å². The van der Waals surface area contributed by atoms with Crippen LogP contribution in [0.5, 0.6) is 5.75 Å². The van der Waals surface area contributed by atoms with Crippen LogP contribution in [0.3, 0.4) is 0 Å². The number of nitrogens with zero attached hydrogens (tertiary/aromatic N) is 2. The number of hydrogen-bond donors (Lipinski definition) is 1. The van der Waals surface area contributed by atoms with Gasteiger partial charge < -0.3 is 5.11 Å². The molecule has 0 atom stereocenters. The lowest BCUT2D eigenvalue weighted by molar-refractivity contribution is 0.433. The van der Waals surface area contributed by atoms with Crippen molar-refractivity contribution in [3.63, 3.8) is 0 Å². The van der Waals surface area contributed by atoms with Crippen LogP contribution in [0.15, 0.2) is 40.5 Å². The number of benzene rings is 1. The normalized spacial score (nSPS) is 13.6. The zero-order chi connectivity index (χ0) is 18.1. The highest BCUT2D eigenvalue weighted by atomic mass is 32.1. The predicted octanol–water partition coefficient (Wildman–Crippen LogP) is 3.94. The molecule has 1 aromatic carbocycles. The second kappa shape index (κ2) is 7.03. The van der Waals surface area contributed by atoms with Crippen LogP contribution in [0.4, 0.5) is 4.39 Å². The van der Waals surface area contributed by atoms with Crippen LogP contribution in [0, 0.1) is 5.82 Å². The number of phenolic OH excluding ortho intramolecular Hbond substituents is 1. The molecule has 0 fully saturated rings. The molecular weight excluding hydrogens is 351 g/mol. The largest absolute Gasteiger partial charge is 0.504 e. The summed E-state index contributed by atoms with van der Waals surface area (Å²) >= 11 is 1.64. The van der Waals surface area contributed by atoms with Crippen molar-refractivity contribution >= 4 is 11.3 Å². The molecule has 134 valence electrons. The molecule has 1 aliphatic carbocycles. The number of phenols is 1. The van der Waals surface area contributed by atoms with E-state index in [1.165, 1.54) is 17.0 Å². The summed E-state index contributed by atoms with van der Waals surface area (Å²) in [5.74, 6) is -0.816. The lowest BCUT2D eigenvalue weighted by Gasteiger charge is -2.20. The van der Waals surface area contributed by atoms with Gasteiger partial charge in [-0.15, -0.1) is 11.3 Å². The minimum atomic E-state index is -0.709. The number of aromatic hydroxyl groups is 1. The van der Waals surface area contributed by atoms with Crippen molar-refractivity contribution < 1.29 is 9.50 Å². The van der Waals surface area contributed by atoms with Crippen LogP contribution in [0.1, 0.15) is 29.0 Å². The van der Waals surface area contributed by atoms with Crippen molar-refractivity contribution in [2.75, 3.05) is 0 Å². The first-order chi connectivity index (χ1) is 12.6. The fourth-order valence-electron chi connectivity index (χ4n) is 3.48. The van der Waals surface area contributed by atoms with E-state index < -0.39 is 11.6 Å². The van der Waals surface area contributed by atoms with Gasteiger partial charge >= 0.3 is 0 Å². The highest BCUT2D eigenvalue weighted by molar-refractivity contribution is 7.09. The van der Waals surface area contributed by atoms with Gasteiger partial charge in [-0.2, -0.15) is 0 Å². The third-order valence-electron chi connectivity index (χ3n) is 4.83. The quantitative estimate of drug-likeness (QED) is 0.757. The predicted molar refractivity (Wildman–Crippen MR) is 100 cm³/mol. The average molecular weight is 370 g/mol. The van der Waals surface area contributed by atoms with Crippen molar-refractivity contribution in [1.29, 1.82) is 0 Å². The zero-order valence-corrected chi connectivity index (χ0v) is 15.1. The van der Waals surface area contributed by atoms with Crippen LogP contribution in [-0.2, 0) is 25.8 Å². The Morgan fingerprint density at radius 1 is 1.19 bits per heavy atom. The van der Waals surface area contributed by atoms with Crippen LogP contribution in [-0.4, -0.2) is 14.7 Å². The van der Waals surface area contributed by atoms with Crippen LogP contribution in [0.25, 0.3) is 11.4 Å². The Hall–Kier alpha value is -2.47. The third kappa shape index (κ3) is 3.05. The summed E-state index contributed by atoms with van der Waals surface area (Å²) in [6, 6.07) is 8.34. The number of aromatic nitrogens is 2. The van der Waals surface area contributed by atoms with Crippen LogP contribution in [0.2, 0.25) is 0 Å². The number of halogens is 1. The Labute approximate surface area is 154 Å². The molecule has 0 unspecified atom stereocenters. The first kappa shape index (κ1) is 17.0. The summed E-state index contributed by atoms with van der Waals surface area (Å²) < 4.78 is 15.5.